The van der Waals surface area contributed by atoms with Gasteiger partial charge in [0.05, 0.1) is 19.6 Å². The van der Waals surface area contributed by atoms with Crippen LogP contribution in [0.5, 0.6) is 5.75 Å². The lowest BCUT2D eigenvalue weighted by Gasteiger charge is -2.08. The number of ether oxygens (including phenoxy) is 1. The molecule has 1 rings (SSSR count). The Kier molecular flexibility index (Phi) is 3.08. The highest BCUT2D eigenvalue weighted by Gasteiger charge is 2.13. The second kappa shape index (κ2) is 4.28. The summed E-state index contributed by atoms with van der Waals surface area (Å²) in [6.45, 7) is 0. The lowest BCUT2D eigenvalue weighted by molar-refractivity contribution is 0.0693. The van der Waals surface area contributed by atoms with Gasteiger partial charge < -0.3 is 9.84 Å². The fraction of sp³-hybridized carbons (Fsp3) is 0.200. The summed E-state index contributed by atoms with van der Waals surface area (Å²) in [4.78, 5) is 10.8. The maximum absolute atomic E-state index is 10.8. The van der Waals surface area contributed by atoms with E-state index >= 15 is 0 Å². The molecule has 0 saturated heterocycles. The Labute approximate surface area is 81.4 Å². The topological polar surface area (TPSA) is 70.3 Å². The van der Waals surface area contributed by atoms with Crippen molar-refractivity contribution in [1.29, 1.82) is 5.26 Å². The number of hydrogen-bond donors (Lipinski definition) is 1. The van der Waals surface area contributed by atoms with Crippen molar-refractivity contribution in [2.45, 2.75) is 6.42 Å². The number of aromatic carboxylic acids is 1. The summed E-state index contributed by atoms with van der Waals surface area (Å²) in [5.74, 6) is -0.789. The summed E-state index contributed by atoms with van der Waals surface area (Å²) >= 11 is 0. The maximum Gasteiger partial charge on any atom is 0.339 e. The fourth-order valence-electron chi connectivity index (χ4n) is 1.22. The Morgan fingerprint density at radius 3 is 2.86 bits per heavy atom. The fourth-order valence-corrected chi connectivity index (χ4v) is 1.22. The molecule has 0 atom stereocenters. The monoisotopic (exact) mass is 191 g/mol. The van der Waals surface area contributed by atoms with Crippen LogP contribution in [0.2, 0.25) is 0 Å². The third-order valence-electron chi connectivity index (χ3n) is 1.80. The second-order valence-electron chi connectivity index (χ2n) is 2.64. The van der Waals surface area contributed by atoms with Crippen LogP contribution in [0, 0.1) is 11.3 Å². The highest BCUT2D eigenvalue weighted by molar-refractivity contribution is 5.91. The van der Waals surface area contributed by atoms with Crippen LogP contribution in [-0.2, 0) is 6.42 Å². The number of nitriles is 1. The molecule has 14 heavy (non-hydrogen) atoms. The van der Waals surface area contributed by atoms with Gasteiger partial charge in [-0.3, -0.25) is 0 Å². The Bertz CT molecular complexity index is 393. The number of benzene rings is 1. The first-order valence-electron chi connectivity index (χ1n) is 3.96. The van der Waals surface area contributed by atoms with Crippen LogP contribution >= 0.6 is 0 Å². The van der Waals surface area contributed by atoms with Gasteiger partial charge in [0.15, 0.2) is 0 Å². The SMILES string of the molecule is COc1c(CC#N)cccc1C(=O)O. The molecule has 0 fully saturated rings. The molecule has 0 aromatic heterocycles. The van der Waals surface area contributed by atoms with E-state index in [1.54, 1.807) is 12.1 Å². The zero-order valence-corrected chi connectivity index (χ0v) is 7.65. The predicted molar refractivity (Wildman–Crippen MR) is 49.3 cm³/mol. The van der Waals surface area contributed by atoms with Crippen molar-refractivity contribution >= 4 is 5.97 Å². The third-order valence-corrected chi connectivity index (χ3v) is 1.80. The van der Waals surface area contributed by atoms with Crippen molar-refractivity contribution in [2.75, 3.05) is 7.11 Å². The van der Waals surface area contributed by atoms with Crippen LogP contribution < -0.4 is 4.74 Å². The number of hydrogen-bond acceptors (Lipinski definition) is 3. The van der Waals surface area contributed by atoms with E-state index in [1.807, 2.05) is 6.07 Å². The van der Waals surface area contributed by atoms with Crippen molar-refractivity contribution in [3.8, 4) is 11.8 Å². The standard InChI is InChI=1S/C10H9NO3/c1-14-9-7(5-6-11)3-2-4-8(9)10(12)13/h2-4H,5H2,1H3,(H,12,13). The molecule has 0 aliphatic heterocycles. The van der Waals surface area contributed by atoms with Gasteiger partial charge in [0.25, 0.3) is 0 Å². The van der Waals surface area contributed by atoms with Gasteiger partial charge in [-0.2, -0.15) is 5.26 Å². The summed E-state index contributed by atoms with van der Waals surface area (Å²) < 4.78 is 4.96. The molecule has 1 N–H and O–H groups in total. The Morgan fingerprint density at radius 1 is 1.64 bits per heavy atom. The van der Waals surface area contributed by atoms with E-state index in [4.69, 9.17) is 15.1 Å². The highest BCUT2D eigenvalue weighted by atomic mass is 16.5. The van der Waals surface area contributed by atoms with Gasteiger partial charge >= 0.3 is 5.97 Å². The van der Waals surface area contributed by atoms with Crippen molar-refractivity contribution < 1.29 is 14.6 Å². The van der Waals surface area contributed by atoms with E-state index in [0.29, 0.717) is 5.56 Å². The van der Waals surface area contributed by atoms with E-state index in [0.717, 1.165) is 0 Å². The number of carbonyl (C=O) groups is 1. The molecule has 0 amide bonds. The van der Waals surface area contributed by atoms with Crippen LogP contribution in [0.1, 0.15) is 15.9 Å². The molecule has 0 saturated carbocycles. The van der Waals surface area contributed by atoms with Crippen LogP contribution in [0.4, 0.5) is 0 Å². The normalized spacial score (nSPS) is 9.14. The molecule has 0 aliphatic carbocycles. The minimum atomic E-state index is -1.05. The lowest BCUT2D eigenvalue weighted by atomic mass is 10.1. The van der Waals surface area contributed by atoms with Crippen molar-refractivity contribution in [3.63, 3.8) is 0 Å². The molecule has 1 aromatic rings. The van der Waals surface area contributed by atoms with Gasteiger partial charge in [0.1, 0.15) is 11.3 Å². The number of nitrogens with zero attached hydrogens (tertiary/aromatic N) is 1. The van der Waals surface area contributed by atoms with Gasteiger partial charge in [-0.25, -0.2) is 4.79 Å². The van der Waals surface area contributed by atoms with Crippen LogP contribution in [0.25, 0.3) is 0 Å². The number of carboxylic acid groups (broad SMARTS) is 1. The largest absolute Gasteiger partial charge is 0.496 e. The molecule has 0 spiro atoms. The molecule has 0 radical (unpaired) electrons. The quantitative estimate of drug-likeness (QED) is 0.785. The summed E-state index contributed by atoms with van der Waals surface area (Å²) in [6, 6.07) is 6.67. The van der Waals surface area contributed by atoms with Crippen LogP contribution in [0.3, 0.4) is 0 Å². The molecule has 4 heteroatoms. The van der Waals surface area contributed by atoms with E-state index in [1.165, 1.54) is 13.2 Å². The van der Waals surface area contributed by atoms with E-state index in [9.17, 15) is 4.79 Å². The predicted octanol–water partition coefficient (Wildman–Crippen LogP) is 1.46. The highest BCUT2D eigenvalue weighted by Crippen LogP contribution is 2.23. The number of methoxy groups -OCH3 is 1. The first kappa shape index (κ1) is 10.1. The zero-order valence-electron chi connectivity index (χ0n) is 7.65. The van der Waals surface area contributed by atoms with Crippen LogP contribution in [0.15, 0.2) is 18.2 Å². The molecule has 0 unspecified atom stereocenters. The summed E-state index contributed by atoms with van der Waals surface area (Å²) in [5, 5.41) is 17.3. The average Bonchev–Trinajstić information content (AvgIpc) is 2.18. The van der Waals surface area contributed by atoms with Crippen molar-refractivity contribution in [2.24, 2.45) is 0 Å². The van der Waals surface area contributed by atoms with Gasteiger partial charge in [-0.05, 0) is 6.07 Å². The second-order valence-corrected chi connectivity index (χ2v) is 2.64. The molecular formula is C10H9NO3. The summed E-state index contributed by atoms with van der Waals surface area (Å²) in [7, 11) is 1.39. The van der Waals surface area contributed by atoms with Gasteiger partial charge in [-0.1, -0.05) is 12.1 Å². The molecule has 0 bridgehead atoms. The Hall–Kier alpha value is -2.02. The van der Waals surface area contributed by atoms with Gasteiger partial charge in [-0.15, -0.1) is 0 Å². The molecule has 0 aliphatic rings. The first-order valence-corrected chi connectivity index (χ1v) is 3.96. The molecule has 72 valence electrons. The number of rotatable bonds is 3. The molecule has 1 aromatic carbocycles. The van der Waals surface area contributed by atoms with E-state index in [2.05, 4.69) is 0 Å². The number of carboxylic acids is 1. The Balaban J connectivity index is 3.26. The van der Waals surface area contributed by atoms with Crippen molar-refractivity contribution in [3.05, 3.63) is 29.3 Å². The molecule has 0 heterocycles. The Morgan fingerprint density at radius 2 is 2.36 bits per heavy atom. The van der Waals surface area contributed by atoms with E-state index in [-0.39, 0.29) is 17.7 Å². The van der Waals surface area contributed by atoms with Crippen molar-refractivity contribution in [1.82, 2.24) is 0 Å². The molecule has 4 nitrogen and oxygen atoms in total. The maximum atomic E-state index is 10.8. The summed E-state index contributed by atoms with van der Waals surface area (Å²) in [6.07, 6.45) is 0.143. The van der Waals surface area contributed by atoms with E-state index < -0.39 is 5.97 Å². The minimum absolute atomic E-state index is 0.0836. The minimum Gasteiger partial charge on any atom is -0.496 e. The average molecular weight is 191 g/mol. The lowest BCUT2D eigenvalue weighted by Crippen LogP contribution is -2.02. The molecular weight excluding hydrogens is 182 g/mol. The number of para-hydroxylation sites is 1. The first-order chi connectivity index (χ1) is 6.70. The van der Waals surface area contributed by atoms with Gasteiger partial charge in [0, 0.05) is 5.56 Å². The van der Waals surface area contributed by atoms with Crippen LogP contribution in [-0.4, -0.2) is 18.2 Å². The summed E-state index contributed by atoms with van der Waals surface area (Å²) in [5.41, 5.74) is 0.676. The zero-order chi connectivity index (χ0) is 10.6. The van der Waals surface area contributed by atoms with Gasteiger partial charge in [0.2, 0.25) is 0 Å². The smallest absolute Gasteiger partial charge is 0.339 e. The third kappa shape index (κ3) is 1.83.